The maximum Gasteiger partial charge on any atom is 0.243 e. The summed E-state index contributed by atoms with van der Waals surface area (Å²) >= 11 is 0. The van der Waals surface area contributed by atoms with Crippen molar-refractivity contribution >= 4 is 10.0 Å². The van der Waals surface area contributed by atoms with Crippen molar-refractivity contribution < 1.29 is 22.3 Å². The minimum Gasteiger partial charge on any atom is -0.391 e. The van der Waals surface area contributed by atoms with Crippen molar-refractivity contribution in [2.75, 3.05) is 0 Å². The SMILES string of the molecule is Cc1[nH]ncc1CNS(=O)(=O)c1ccc(F)c(CO)c1F. The van der Waals surface area contributed by atoms with Crippen LogP contribution in [-0.4, -0.2) is 23.7 Å². The van der Waals surface area contributed by atoms with Gasteiger partial charge < -0.3 is 5.11 Å². The second-order valence-corrected chi connectivity index (χ2v) is 6.08. The van der Waals surface area contributed by atoms with Crippen molar-refractivity contribution in [3.8, 4) is 0 Å². The molecule has 0 fully saturated rings. The molecule has 9 heteroatoms. The normalized spacial score (nSPS) is 11.8. The van der Waals surface area contributed by atoms with Crippen LogP contribution in [0.15, 0.2) is 23.2 Å². The molecule has 0 aliphatic carbocycles. The van der Waals surface area contributed by atoms with Crippen molar-refractivity contribution in [3.05, 3.63) is 46.8 Å². The first-order chi connectivity index (χ1) is 9.86. The monoisotopic (exact) mass is 317 g/mol. The quantitative estimate of drug-likeness (QED) is 0.766. The number of rotatable bonds is 5. The van der Waals surface area contributed by atoms with Gasteiger partial charge in [0.1, 0.15) is 10.7 Å². The molecule has 0 saturated carbocycles. The van der Waals surface area contributed by atoms with Crippen LogP contribution in [0, 0.1) is 18.6 Å². The zero-order valence-corrected chi connectivity index (χ0v) is 11.8. The number of nitrogens with zero attached hydrogens (tertiary/aromatic N) is 1. The van der Waals surface area contributed by atoms with E-state index in [9.17, 15) is 17.2 Å². The van der Waals surface area contributed by atoms with Crippen LogP contribution in [0.25, 0.3) is 0 Å². The Labute approximate surface area is 119 Å². The molecule has 0 spiro atoms. The van der Waals surface area contributed by atoms with Gasteiger partial charge in [-0.15, -0.1) is 0 Å². The van der Waals surface area contributed by atoms with Crippen LogP contribution >= 0.6 is 0 Å². The molecule has 1 heterocycles. The number of halogens is 2. The third-order valence-electron chi connectivity index (χ3n) is 2.99. The van der Waals surface area contributed by atoms with Crippen LogP contribution in [0.3, 0.4) is 0 Å². The molecule has 0 unspecified atom stereocenters. The predicted molar refractivity (Wildman–Crippen MR) is 69.6 cm³/mol. The standard InChI is InChI=1S/C12H13F2N3O3S/c1-7-8(4-15-17-7)5-16-21(19,20)11-3-2-10(13)9(6-18)12(11)14/h2-4,16,18H,5-6H2,1H3,(H,15,17). The minimum atomic E-state index is -4.18. The van der Waals surface area contributed by atoms with E-state index in [-0.39, 0.29) is 6.54 Å². The lowest BCUT2D eigenvalue weighted by atomic mass is 10.2. The second-order valence-electron chi connectivity index (χ2n) is 4.34. The number of benzene rings is 1. The Kier molecular flexibility index (Phi) is 4.35. The van der Waals surface area contributed by atoms with Gasteiger partial charge in [0.2, 0.25) is 10.0 Å². The molecule has 0 amide bonds. The second kappa shape index (κ2) is 5.88. The van der Waals surface area contributed by atoms with E-state index < -0.39 is 38.7 Å². The molecule has 1 aromatic heterocycles. The Morgan fingerprint density at radius 3 is 2.67 bits per heavy atom. The van der Waals surface area contributed by atoms with Crippen LogP contribution in [0.1, 0.15) is 16.8 Å². The lowest BCUT2D eigenvalue weighted by molar-refractivity contribution is 0.267. The van der Waals surface area contributed by atoms with Gasteiger partial charge in [-0.05, 0) is 19.1 Å². The smallest absolute Gasteiger partial charge is 0.243 e. The Bertz CT molecular complexity index is 759. The number of sulfonamides is 1. The number of nitrogens with one attached hydrogen (secondary N) is 2. The van der Waals surface area contributed by atoms with E-state index in [2.05, 4.69) is 14.9 Å². The molecule has 0 atom stereocenters. The fraction of sp³-hybridized carbons (Fsp3) is 0.250. The summed E-state index contributed by atoms with van der Waals surface area (Å²) in [5.41, 5.74) is 0.592. The molecular weight excluding hydrogens is 304 g/mol. The minimum absolute atomic E-state index is 0.0874. The molecule has 3 N–H and O–H groups in total. The zero-order chi connectivity index (χ0) is 15.6. The van der Waals surface area contributed by atoms with Gasteiger partial charge in [0.25, 0.3) is 0 Å². The maximum absolute atomic E-state index is 13.9. The van der Waals surface area contributed by atoms with Gasteiger partial charge in [0, 0.05) is 17.8 Å². The summed E-state index contributed by atoms with van der Waals surface area (Å²) in [6.07, 6.45) is 1.44. The number of hydrogen-bond acceptors (Lipinski definition) is 4. The molecule has 6 nitrogen and oxygen atoms in total. The number of aromatic nitrogens is 2. The number of aromatic amines is 1. The average molecular weight is 317 g/mol. The van der Waals surface area contributed by atoms with Gasteiger partial charge in [-0.25, -0.2) is 21.9 Å². The van der Waals surface area contributed by atoms with Gasteiger partial charge in [-0.3, -0.25) is 5.10 Å². The lowest BCUT2D eigenvalue weighted by Gasteiger charge is -2.10. The summed E-state index contributed by atoms with van der Waals surface area (Å²) in [6, 6.07) is 1.61. The highest BCUT2D eigenvalue weighted by Crippen LogP contribution is 2.21. The Balaban J connectivity index is 2.30. The van der Waals surface area contributed by atoms with E-state index in [0.717, 1.165) is 12.1 Å². The first-order valence-electron chi connectivity index (χ1n) is 5.93. The van der Waals surface area contributed by atoms with E-state index >= 15 is 0 Å². The first-order valence-corrected chi connectivity index (χ1v) is 7.41. The number of aryl methyl sites for hydroxylation is 1. The van der Waals surface area contributed by atoms with Gasteiger partial charge in [-0.1, -0.05) is 0 Å². The highest BCUT2D eigenvalue weighted by atomic mass is 32.2. The Morgan fingerprint density at radius 2 is 2.10 bits per heavy atom. The van der Waals surface area contributed by atoms with Crippen molar-refractivity contribution in [1.29, 1.82) is 0 Å². The van der Waals surface area contributed by atoms with Crippen molar-refractivity contribution in [2.45, 2.75) is 25.0 Å². The summed E-state index contributed by atoms with van der Waals surface area (Å²) in [5, 5.41) is 15.3. The molecule has 21 heavy (non-hydrogen) atoms. The predicted octanol–water partition coefficient (Wildman–Crippen LogP) is 0.967. The third kappa shape index (κ3) is 3.09. The summed E-state index contributed by atoms with van der Waals surface area (Å²) in [6.45, 7) is 0.691. The Morgan fingerprint density at radius 1 is 1.38 bits per heavy atom. The summed E-state index contributed by atoms with van der Waals surface area (Å²) < 4.78 is 53.5. The highest BCUT2D eigenvalue weighted by molar-refractivity contribution is 7.89. The number of H-pyrrole nitrogens is 1. The molecule has 0 aliphatic heterocycles. The fourth-order valence-electron chi connectivity index (χ4n) is 1.73. The van der Waals surface area contributed by atoms with E-state index in [1.165, 1.54) is 6.20 Å². The summed E-state index contributed by atoms with van der Waals surface area (Å²) in [7, 11) is -4.18. The van der Waals surface area contributed by atoms with Crippen LogP contribution in [0.5, 0.6) is 0 Å². The van der Waals surface area contributed by atoms with Crippen LogP contribution in [0.2, 0.25) is 0 Å². The van der Waals surface area contributed by atoms with Gasteiger partial charge in [0.15, 0.2) is 5.82 Å². The summed E-state index contributed by atoms with van der Waals surface area (Å²) in [4.78, 5) is -0.714. The van der Waals surface area contributed by atoms with Crippen molar-refractivity contribution in [3.63, 3.8) is 0 Å². The molecular formula is C12H13F2N3O3S. The molecule has 0 saturated heterocycles. The maximum atomic E-state index is 13.9. The van der Waals surface area contributed by atoms with Crippen molar-refractivity contribution in [2.24, 2.45) is 0 Å². The largest absolute Gasteiger partial charge is 0.391 e. The van der Waals surface area contributed by atoms with Gasteiger partial charge >= 0.3 is 0 Å². The number of hydrogen-bond donors (Lipinski definition) is 3. The van der Waals surface area contributed by atoms with E-state index in [1.807, 2.05) is 0 Å². The van der Waals surface area contributed by atoms with Gasteiger partial charge in [0.05, 0.1) is 18.4 Å². The molecule has 1 aromatic carbocycles. The lowest BCUT2D eigenvalue weighted by Crippen LogP contribution is -2.25. The topological polar surface area (TPSA) is 95.1 Å². The van der Waals surface area contributed by atoms with Crippen LogP contribution < -0.4 is 4.72 Å². The highest BCUT2D eigenvalue weighted by Gasteiger charge is 2.23. The zero-order valence-electron chi connectivity index (χ0n) is 11.0. The van der Waals surface area contributed by atoms with E-state index in [4.69, 9.17) is 5.11 Å². The third-order valence-corrected chi connectivity index (χ3v) is 4.40. The molecule has 0 bridgehead atoms. The van der Waals surface area contributed by atoms with E-state index in [0.29, 0.717) is 11.3 Å². The van der Waals surface area contributed by atoms with Crippen molar-refractivity contribution in [1.82, 2.24) is 14.9 Å². The molecule has 2 aromatic rings. The first kappa shape index (κ1) is 15.5. The molecule has 0 aliphatic rings. The number of aliphatic hydroxyl groups excluding tert-OH is 1. The molecule has 114 valence electrons. The Hall–Kier alpha value is -1.84. The van der Waals surface area contributed by atoms with Crippen LogP contribution in [-0.2, 0) is 23.2 Å². The van der Waals surface area contributed by atoms with Gasteiger partial charge in [-0.2, -0.15) is 5.10 Å². The molecule has 0 radical (unpaired) electrons. The fourth-order valence-corrected chi connectivity index (χ4v) is 2.84. The number of aliphatic hydroxyl groups is 1. The van der Waals surface area contributed by atoms with E-state index in [1.54, 1.807) is 6.92 Å². The average Bonchev–Trinajstić information content (AvgIpc) is 2.82. The molecule has 2 rings (SSSR count). The summed E-state index contributed by atoms with van der Waals surface area (Å²) in [5.74, 6) is -2.30. The van der Waals surface area contributed by atoms with Crippen LogP contribution in [0.4, 0.5) is 8.78 Å².